The minimum Gasteiger partial charge on any atom is -0.340 e. The first-order valence-corrected chi connectivity index (χ1v) is 9.76. The number of nitrogens with one attached hydrogen (secondary N) is 1. The zero-order chi connectivity index (χ0) is 17.3. The van der Waals surface area contributed by atoms with Gasteiger partial charge in [0.25, 0.3) is 5.91 Å². The van der Waals surface area contributed by atoms with Gasteiger partial charge in [0.2, 0.25) is 11.7 Å². The van der Waals surface area contributed by atoms with Gasteiger partial charge in [-0.2, -0.15) is 0 Å². The summed E-state index contributed by atoms with van der Waals surface area (Å²) in [5.74, 6) is -2.18. The van der Waals surface area contributed by atoms with Crippen molar-refractivity contribution in [1.82, 2.24) is 10.2 Å². The van der Waals surface area contributed by atoms with Crippen LogP contribution in [-0.4, -0.2) is 55.3 Å². The topological polar surface area (TPSA) is 111 Å². The molecule has 1 atom stereocenters. The van der Waals surface area contributed by atoms with E-state index < -0.39 is 25.2 Å². The number of nitrogens with zero attached hydrogens (tertiary/aromatic N) is 1. The Kier molecular flexibility index (Phi) is 8.76. The molecule has 1 aliphatic heterocycles. The van der Waals surface area contributed by atoms with E-state index in [1.807, 2.05) is 0 Å². The summed E-state index contributed by atoms with van der Waals surface area (Å²) in [6.07, 6.45) is 2.89. The van der Waals surface area contributed by atoms with E-state index in [-0.39, 0.29) is 26.2 Å². The second-order valence-electron chi connectivity index (χ2n) is 5.27. The fourth-order valence-corrected chi connectivity index (χ4v) is 4.29. The number of carbonyl (C=O) groups excluding carboxylic acids is 2. The molecule has 0 saturated carbocycles. The molecule has 8 nitrogen and oxygen atoms in total. The van der Waals surface area contributed by atoms with Gasteiger partial charge in [0.15, 0.2) is 0 Å². The molecule has 0 aromatic rings. The molecule has 1 rings (SSSR count). The van der Waals surface area contributed by atoms with Gasteiger partial charge in [-0.1, -0.05) is 0 Å². The first-order chi connectivity index (χ1) is 11.0. The van der Waals surface area contributed by atoms with Crippen LogP contribution in [0.2, 0.25) is 0 Å². The van der Waals surface area contributed by atoms with Crippen LogP contribution in [0.4, 0.5) is 0 Å². The van der Waals surface area contributed by atoms with E-state index in [9.17, 15) is 14.2 Å². The predicted molar refractivity (Wildman–Crippen MR) is 86.9 cm³/mol. The molecule has 9 heteroatoms. The lowest BCUT2D eigenvalue weighted by Gasteiger charge is -2.33. The van der Waals surface area contributed by atoms with E-state index in [0.29, 0.717) is 13.1 Å². The summed E-state index contributed by atoms with van der Waals surface area (Å²) >= 11 is 0. The molecule has 0 bridgehead atoms. The molecular weight excluding hydrogens is 321 g/mol. The molecule has 1 unspecified atom stereocenters. The molecule has 1 heterocycles. The van der Waals surface area contributed by atoms with Crippen LogP contribution >= 0.6 is 7.60 Å². The zero-order valence-electron chi connectivity index (χ0n) is 14.0. The van der Waals surface area contributed by atoms with Crippen molar-refractivity contribution in [2.75, 3.05) is 32.8 Å². The Labute approximate surface area is 137 Å². The Bertz CT molecular complexity index is 430. The van der Waals surface area contributed by atoms with Crippen LogP contribution in [0.5, 0.6) is 0 Å². The highest BCUT2D eigenvalue weighted by Gasteiger charge is 2.44. The maximum atomic E-state index is 13.0. The van der Waals surface area contributed by atoms with E-state index in [1.54, 1.807) is 18.7 Å². The molecule has 0 aromatic carbocycles. The number of hydrogen-bond donors (Lipinski definition) is 2. The number of hydrogen-bond acceptors (Lipinski definition) is 6. The minimum absolute atomic E-state index is 0.0437. The number of carbonyl (C=O) groups is 2. The number of rotatable bonds is 9. The molecule has 0 aromatic heterocycles. The minimum atomic E-state index is -3.79. The van der Waals surface area contributed by atoms with Crippen LogP contribution < -0.4 is 11.1 Å². The second-order valence-corrected chi connectivity index (χ2v) is 7.38. The van der Waals surface area contributed by atoms with Crippen molar-refractivity contribution < 1.29 is 23.2 Å². The van der Waals surface area contributed by atoms with Crippen molar-refractivity contribution in [1.29, 1.82) is 0 Å². The van der Waals surface area contributed by atoms with Gasteiger partial charge in [-0.15, -0.1) is 0 Å². The smallest absolute Gasteiger partial charge is 0.340 e. The van der Waals surface area contributed by atoms with Gasteiger partial charge in [0.1, 0.15) is 0 Å². The first-order valence-electron chi connectivity index (χ1n) is 8.15. The third kappa shape index (κ3) is 5.88. The third-order valence-electron chi connectivity index (χ3n) is 3.51. The van der Waals surface area contributed by atoms with Gasteiger partial charge in [0, 0.05) is 26.1 Å². The van der Waals surface area contributed by atoms with E-state index in [0.717, 1.165) is 19.3 Å². The van der Waals surface area contributed by atoms with Crippen LogP contribution in [0.3, 0.4) is 0 Å². The molecule has 1 fully saturated rings. The summed E-state index contributed by atoms with van der Waals surface area (Å²) in [6.45, 7) is 4.87. The average molecular weight is 349 g/mol. The fraction of sp³-hybridized carbons (Fsp3) is 0.857. The van der Waals surface area contributed by atoms with Gasteiger partial charge in [-0.3, -0.25) is 14.2 Å². The number of piperidine rings is 1. The van der Waals surface area contributed by atoms with Crippen molar-refractivity contribution in [3.05, 3.63) is 0 Å². The van der Waals surface area contributed by atoms with Gasteiger partial charge in [-0.25, -0.2) is 0 Å². The lowest BCUT2D eigenvalue weighted by molar-refractivity contribution is -0.135. The number of nitrogens with two attached hydrogens (primary N) is 1. The Hall–Kier alpha value is -0.950. The maximum absolute atomic E-state index is 13.0. The highest BCUT2D eigenvalue weighted by Crippen LogP contribution is 2.52. The molecule has 0 radical (unpaired) electrons. The molecule has 0 spiro atoms. The molecule has 2 amide bonds. The van der Waals surface area contributed by atoms with Crippen LogP contribution in [0.25, 0.3) is 0 Å². The van der Waals surface area contributed by atoms with Crippen LogP contribution in [0.1, 0.15) is 39.5 Å². The monoisotopic (exact) mass is 349 g/mol. The van der Waals surface area contributed by atoms with Gasteiger partial charge in [-0.05, 0) is 33.1 Å². The summed E-state index contributed by atoms with van der Waals surface area (Å²) in [5.41, 5.74) is 5.36. The standard InChI is InChI=1S/C14H28N3O5P/c1-3-21-23(20,22-4-2)13(16-12(18)8-9-15)14(19)17-10-6-5-7-11-17/h13H,3-11,15H2,1-2H3,(H,16,18). The van der Waals surface area contributed by atoms with Gasteiger partial charge in [0.05, 0.1) is 13.2 Å². The summed E-state index contributed by atoms with van der Waals surface area (Å²) < 4.78 is 23.5. The molecule has 1 aliphatic rings. The van der Waals surface area contributed by atoms with E-state index >= 15 is 0 Å². The highest BCUT2D eigenvalue weighted by atomic mass is 31.2. The second kappa shape index (κ2) is 10.0. The lowest BCUT2D eigenvalue weighted by Crippen LogP contribution is -2.50. The Morgan fingerprint density at radius 3 is 2.22 bits per heavy atom. The van der Waals surface area contributed by atoms with Crippen molar-refractivity contribution >= 4 is 19.4 Å². The average Bonchev–Trinajstić information content (AvgIpc) is 2.53. The summed E-state index contributed by atoms with van der Waals surface area (Å²) in [4.78, 5) is 26.3. The third-order valence-corrected chi connectivity index (χ3v) is 5.72. The molecule has 23 heavy (non-hydrogen) atoms. The fourth-order valence-electron chi connectivity index (χ4n) is 2.47. The molecule has 134 valence electrons. The summed E-state index contributed by atoms with van der Waals surface area (Å²) in [7, 11) is -3.79. The van der Waals surface area contributed by atoms with Gasteiger partial charge < -0.3 is 25.0 Å². The Morgan fingerprint density at radius 1 is 1.17 bits per heavy atom. The van der Waals surface area contributed by atoms with Crippen LogP contribution in [-0.2, 0) is 23.2 Å². The largest absolute Gasteiger partial charge is 0.362 e. The van der Waals surface area contributed by atoms with Gasteiger partial charge >= 0.3 is 7.60 Å². The van der Waals surface area contributed by atoms with Crippen molar-refractivity contribution in [2.45, 2.75) is 45.3 Å². The summed E-state index contributed by atoms with van der Waals surface area (Å²) in [6, 6.07) is 0. The van der Waals surface area contributed by atoms with Crippen molar-refractivity contribution in [3.63, 3.8) is 0 Å². The van der Waals surface area contributed by atoms with Crippen LogP contribution in [0.15, 0.2) is 0 Å². The zero-order valence-corrected chi connectivity index (χ0v) is 14.8. The predicted octanol–water partition coefficient (Wildman–Crippen LogP) is 1.06. The molecule has 0 aliphatic carbocycles. The van der Waals surface area contributed by atoms with E-state index in [2.05, 4.69) is 5.32 Å². The summed E-state index contributed by atoms with van der Waals surface area (Å²) in [5, 5.41) is 2.50. The number of amides is 2. The molecule has 1 saturated heterocycles. The van der Waals surface area contributed by atoms with E-state index in [4.69, 9.17) is 14.8 Å². The molecular formula is C14H28N3O5P. The molecule has 3 N–H and O–H groups in total. The lowest BCUT2D eigenvalue weighted by atomic mass is 10.1. The quantitative estimate of drug-likeness (QED) is 0.602. The Balaban J connectivity index is 3.00. The first kappa shape index (κ1) is 20.1. The van der Waals surface area contributed by atoms with E-state index in [1.165, 1.54) is 0 Å². The van der Waals surface area contributed by atoms with Crippen molar-refractivity contribution in [2.24, 2.45) is 5.73 Å². The highest BCUT2D eigenvalue weighted by molar-refractivity contribution is 7.55. The SMILES string of the molecule is CCOP(=O)(OCC)C(NC(=O)CCN)C(=O)N1CCCCC1. The van der Waals surface area contributed by atoms with Crippen LogP contribution in [0, 0.1) is 0 Å². The normalized spacial score (nSPS) is 16.9. The van der Waals surface area contributed by atoms with Crippen molar-refractivity contribution in [3.8, 4) is 0 Å². The Morgan fingerprint density at radius 2 is 1.74 bits per heavy atom. The maximum Gasteiger partial charge on any atom is 0.362 e. The number of likely N-dealkylation sites (tertiary alicyclic amines) is 1.